The van der Waals surface area contributed by atoms with Gasteiger partial charge in [-0.25, -0.2) is 4.90 Å². The van der Waals surface area contributed by atoms with E-state index in [-0.39, 0.29) is 5.78 Å². The fourth-order valence-electron chi connectivity index (χ4n) is 8.20. The molecule has 2 bridgehead atoms. The molecule has 2 fully saturated rings. The molecule has 46 heavy (non-hydrogen) atoms. The number of amides is 2. The van der Waals surface area contributed by atoms with Gasteiger partial charge in [-0.1, -0.05) is 120 Å². The molecule has 5 aromatic carbocycles. The third-order valence-corrected chi connectivity index (χ3v) is 10.6. The highest BCUT2D eigenvalue weighted by atomic mass is 35.5. The maximum absolute atomic E-state index is 15.9. The summed E-state index contributed by atoms with van der Waals surface area (Å²) in [7, 11) is 0. The van der Waals surface area contributed by atoms with E-state index in [9.17, 15) is 9.59 Å². The summed E-state index contributed by atoms with van der Waals surface area (Å²) in [4.78, 5) is 47.1. The smallest absolute Gasteiger partial charge is 0.239 e. The van der Waals surface area contributed by atoms with E-state index in [1.54, 1.807) is 48.5 Å². The van der Waals surface area contributed by atoms with Gasteiger partial charge >= 0.3 is 0 Å². The van der Waals surface area contributed by atoms with Crippen molar-refractivity contribution in [2.45, 2.75) is 10.8 Å². The lowest BCUT2D eigenvalue weighted by Gasteiger charge is -2.39. The normalized spacial score (nSPS) is 25.0. The number of hydrogen-bond donors (Lipinski definition) is 0. The lowest BCUT2D eigenvalue weighted by atomic mass is 9.59. The van der Waals surface area contributed by atoms with Gasteiger partial charge < -0.3 is 0 Å². The van der Waals surface area contributed by atoms with Crippen LogP contribution in [0.15, 0.2) is 133 Å². The van der Waals surface area contributed by atoms with Crippen molar-refractivity contribution in [3.63, 3.8) is 0 Å². The number of ketones is 1. The summed E-state index contributed by atoms with van der Waals surface area (Å²) in [5, 5.41) is 1.47. The molecule has 4 nitrogen and oxygen atoms in total. The Hall–Kier alpha value is -4.48. The van der Waals surface area contributed by atoms with Crippen LogP contribution in [0, 0.1) is 11.8 Å². The highest BCUT2D eigenvalue weighted by Gasteiger charge is 2.82. The summed E-state index contributed by atoms with van der Waals surface area (Å²) in [5.74, 6) is -3.16. The predicted octanol–water partition coefficient (Wildman–Crippen LogP) is 8.84. The Labute approximate surface area is 280 Å². The van der Waals surface area contributed by atoms with E-state index in [1.165, 1.54) is 4.90 Å². The van der Waals surface area contributed by atoms with Crippen LogP contribution in [0.25, 0.3) is 11.1 Å². The van der Waals surface area contributed by atoms with Crippen molar-refractivity contribution in [3.8, 4) is 0 Å². The van der Waals surface area contributed by atoms with Crippen molar-refractivity contribution in [2.75, 3.05) is 4.90 Å². The summed E-state index contributed by atoms with van der Waals surface area (Å²) in [6.45, 7) is 0. The average molecular weight is 661 g/mol. The highest BCUT2D eigenvalue weighted by molar-refractivity contribution is 6.39. The Morgan fingerprint density at radius 1 is 0.457 bits per heavy atom. The number of hydrogen-bond acceptors (Lipinski definition) is 3. The van der Waals surface area contributed by atoms with Gasteiger partial charge in [-0.2, -0.15) is 0 Å². The maximum Gasteiger partial charge on any atom is 0.239 e. The molecule has 1 aliphatic heterocycles. The van der Waals surface area contributed by atoms with Crippen LogP contribution in [-0.2, 0) is 25.2 Å². The standard InChI is InChI=1S/C39H24Cl3NO3/c40-27-15-11-25(12-16-27)38-31(23-7-3-1-4-8-23)32(24-9-5-2-6-10-24)39(37(38)46,26-13-17-28(41)18-14-26)34-33(38)35(44)43(36(34)45)30-21-19-29(42)20-22-30/h1-22,33-34H/t33-,34+,38-,39-/m0/s1. The molecule has 2 aliphatic carbocycles. The molecule has 2 amide bonds. The van der Waals surface area contributed by atoms with Crippen LogP contribution < -0.4 is 4.90 Å². The van der Waals surface area contributed by atoms with Gasteiger partial charge in [0, 0.05) is 15.1 Å². The summed E-state index contributed by atoms with van der Waals surface area (Å²) in [5.41, 5.74) is 1.59. The molecule has 0 aromatic heterocycles. The number of fused-ring (bicyclic) bond motifs is 5. The molecule has 8 rings (SSSR count). The van der Waals surface area contributed by atoms with Crippen molar-refractivity contribution >= 4 is 69.2 Å². The summed E-state index contributed by atoms with van der Waals surface area (Å²) >= 11 is 19.0. The molecule has 7 heteroatoms. The molecule has 5 aromatic rings. The maximum atomic E-state index is 15.9. The summed E-state index contributed by atoms with van der Waals surface area (Å²) in [6.07, 6.45) is 0. The van der Waals surface area contributed by atoms with Crippen LogP contribution in [-0.4, -0.2) is 17.6 Å². The molecule has 3 aliphatic rings. The number of anilines is 1. The van der Waals surface area contributed by atoms with Crippen LogP contribution in [0.4, 0.5) is 5.69 Å². The quantitative estimate of drug-likeness (QED) is 0.177. The number of carbonyl (C=O) groups is 3. The second-order valence-corrected chi connectivity index (χ2v) is 13.2. The number of benzene rings is 5. The van der Waals surface area contributed by atoms with E-state index in [1.807, 2.05) is 84.9 Å². The van der Waals surface area contributed by atoms with Gasteiger partial charge in [-0.3, -0.25) is 14.4 Å². The molecular weight excluding hydrogens is 637 g/mol. The Morgan fingerprint density at radius 3 is 1.17 bits per heavy atom. The van der Waals surface area contributed by atoms with Crippen LogP contribution in [0.5, 0.6) is 0 Å². The fraction of sp³-hybridized carbons (Fsp3) is 0.103. The van der Waals surface area contributed by atoms with Gasteiger partial charge in [0.15, 0.2) is 5.78 Å². The van der Waals surface area contributed by atoms with Crippen molar-refractivity contribution in [1.29, 1.82) is 0 Å². The van der Waals surface area contributed by atoms with Crippen LogP contribution >= 0.6 is 34.8 Å². The van der Waals surface area contributed by atoms with E-state index in [4.69, 9.17) is 34.8 Å². The minimum Gasteiger partial charge on any atom is -0.297 e. The fourth-order valence-corrected chi connectivity index (χ4v) is 8.58. The van der Waals surface area contributed by atoms with E-state index in [2.05, 4.69) is 0 Å². The summed E-state index contributed by atoms with van der Waals surface area (Å²) in [6, 6.07) is 40.2. The molecule has 0 spiro atoms. The molecule has 4 atom stereocenters. The number of nitrogens with zero attached hydrogens (tertiary/aromatic N) is 1. The molecule has 1 saturated carbocycles. The first kappa shape index (κ1) is 29.0. The predicted molar refractivity (Wildman–Crippen MR) is 182 cm³/mol. The number of allylic oxidation sites excluding steroid dienone is 2. The zero-order chi connectivity index (χ0) is 31.8. The third kappa shape index (κ3) is 3.72. The largest absolute Gasteiger partial charge is 0.297 e. The van der Waals surface area contributed by atoms with E-state index in [0.29, 0.717) is 43.0 Å². The Balaban J connectivity index is 1.56. The lowest BCUT2D eigenvalue weighted by Crippen LogP contribution is -2.45. The van der Waals surface area contributed by atoms with Gasteiger partial charge in [-0.05, 0) is 81.9 Å². The first-order chi connectivity index (χ1) is 22.3. The van der Waals surface area contributed by atoms with Gasteiger partial charge in [-0.15, -0.1) is 0 Å². The molecular formula is C39H24Cl3NO3. The highest BCUT2D eigenvalue weighted by Crippen LogP contribution is 2.74. The number of halogens is 3. The van der Waals surface area contributed by atoms with Gasteiger partial charge in [0.1, 0.15) is 0 Å². The van der Waals surface area contributed by atoms with Crippen molar-refractivity contribution in [1.82, 2.24) is 0 Å². The van der Waals surface area contributed by atoms with E-state index >= 15 is 4.79 Å². The molecule has 1 saturated heterocycles. The van der Waals surface area contributed by atoms with Crippen LogP contribution in [0.2, 0.25) is 15.1 Å². The second kappa shape index (κ2) is 10.5. The zero-order valence-electron chi connectivity index (χ0n) is 24.2. The minimum absolute atomic E-state index is 0.213. The Kier molecular flexibility index (Phi) is 6.63. The van der Waals surface area contributed by atoms with E-state index < -0.39 is 34.5 Å². The molecule has 0 N–H and O–H groups in total. The van der Waals surface area contributed by atoms with Crippen molar-refractivity contribution in [3.05, 3.63) is 171 Å². The number of Topliss-reactive ketones (excluding diaryl/α,β-unsaturated/α-hetero) is 1. The first-order valence-corrected chi connectivity index (χ1v) is 16.0. The lowest BCUT2D eigenvalue weighted by molar-refractivity contribution is -0.130. The Morgan fingerprint density at radius 2 is 0.804 bits per heavy atom. The number of carbonyl (C=O) groups excluding carboxylic acids is 3. The first-order valence-electron chi connectivity index (χ1n) is 14.9. The average Bonchev–Trinajstić information content (AvgIpc) is 3.58. The van der Waals surface area contributed by atoms with Crippen molar-refractivity contribution < 1.29 is 14.4 Å². The topological polar surface area (TPSA) is 54.5 Å². The zero-order valence-corrected chi connectivity index (χ0v) is 26.4. The number of imide groups is 1. The minimum atomic E-state index is -1.52. The third-order valence-electron chi connectivity index (χ3n) is 9.80. The number of rotatable bonds is 5. The molecule has 0 unspecified atom stereocenters. The summed E-state index contributed by atoms with van der Waals surface area (Å²) < 4.78 is 0. The monoisotopic (exact) mass is 659 g/mol. The molecule has 0 radical (unpaired) electrons. The Bertz CT molecular complexity index is 1950. The van der Waals surface area contributed by atoms with Gasteiger partial charge in [0.2, 0.25) is 11.8 Å². The second-order valence-electron chi connectivity index (χ2n) is 11.9. The molecule has 1 heterocycles. The van der Waals surface area contributed by atoms with Crippen molar-refractivity contribution in [2.24, 2.45) is 11.8 Å². The van der Waals surface area contributed by atoms with E-state index in [0.717, 1.165) is 11.1 Å². The van der Waals surface area contributed by atoms with Gasteiger partial charge in [0.25, 0.3) is 0 Å². The van der Waals surface area contributed by atoms with Crippen LogP contribution in [0.3, 0.4) is 0 Å². The van der Waals surface area contributed by atoms with Crippen LogP contribution in [0.1, 0.15) is 22.3 Å². The SMILES string of the molecule is O=C1[C@@H]2[C@H](C(=O)N1c1ccc(Cl)cc1)[C@@]1(c3ccc(Cl)cc3)C(=O)[C@@]2(c2ccc(Cl)cc2)C(c2ccccc2)=C1c1ccccc1. The van der Waals surface area contributed by atoms with Gasteiger partial charge in [0.05, 0.1) is 28.4 Å². The molecule has 224 valence electrons.